The minimum Gasteiger partial charge on any atom is -0.445 e. The van der Waals surface area contributed by atoms with Gasteiger partial charge in [-0.3, -0.25) is 0 Å². The molecule has 1 heterocycles. The molecule has 0 spiro atoms. The van der Waals surface area contributed by atoms with Crippen LogP contribution in [0.4, 0.5) is 4.79 Å². The molecule has 1 aliphatic rings. The van der Waals surface area contributed by atoms with Crippen molar-refractivity contribution >= 4 is 17.7 Å². The lowest BCUT2D eigenvalue weighted by Crippen LogP contribution is -2.35. The molecule has 1 N–H and O–H groups in total. The number of aliphatic hydroxyl groups is 1. The van der Waals surface area contributed by atoms with Gasteiger partial charge in [-0.15, -0.1) is 0 Å². The van der Waals surface area contributed by atoms with Gasteiger partial charge in [0.05, 0.1) is 6.54 Å². The molecule has 2 aromatic rings. The van der Waals surface area contributed by atoms with E-state index in [0.29, 0.717) is 18.0 Å². The summed E-state index contributed by atoms with van der Waals surface area (Å²) in [5.41, 5.74) is 1.47. The highest BCUT2D eigenvalue weighted by molar-refractivity contribution is 6.31. The fourth-order valence-electron chi connectivity index (χ4n) is 3.09. The topological polar surface area (TPSA) is 49.8 Å². The zero-order valence-electron chi connectivity index (χ0n) is 13.5. The van der Waals surface area contributed by atoms with E-state index in [0.717, 1.165) is 16.7 Å². The van der Waals surface area contributed by atoms with Gasteiger partial charge in [-0.2, -0.15) is 0 Å². The van der Waals surface area contributed by atoms with Crippen LogP contribution >= 0.6 is 11.6 Å². The van der Waals surface area contributed by atoms with E-state index in [1.54, 1.807) is 11.0 Å². The summed E-state index contributed by atoms with van der Waals surface area (Å²) in [6, 6.07) is 15.0. The highest BCUT2D eigenvalue weighted by atomic mass is 35.5. The summed E-state index contributed by atoms with van der Waals surface area (Å²) in [6.07, 6.45) is 0.0590. The molecule has 1 fully saturated rings. The smallest absolute Gasteiger partial charge is 0.410 e. The Balaban J connectivity index is 1.66. The third kappa shape index (κ3) is 3.40. The van der Waals surface area contributed by atoms with Crippen molar-refractivity contribution in [2.24, 2.45) is 0 Å². The maximum absolute atomic E-state index is 12.3. The van der Waals surface area contributed by atoms with Crippen LogP contribution in [0.2, 0.25) is 5.02 Å². The Morgan fingerprint density at radius 3 is 2.75 bits per heavy atom. The van der Waals surface area contributed by atoms with Crippen LogP contribution in [0.3, 0.4) is 0 Å². The van der Waals surface area contributed by atoms with Gasteiger partial charge in [0.1, 0.15) is 12.2 Å². The van der Waals surface area contributed by atoms with Gasteiger partial charge in [-0.1, -0.05) is 54.1 Å². The van der Waals surface area contributed by atoms with E-state index in [1.807, 2.05) is 49.4 Å². The molecule has 0 radical (unpaired) electrons. The lowest BCUT2D eigenvalue weighted by atomic mass is 9.89. The fraction of sp³-hybridized carbons (Fsp3) is 0.316. The van der Waals surface area contributed by atoms with Crippen molar-refractivity contribution in [2.75, 3.05) is 13.1 Å². The Morgan fingerprint density at radius 1 is 1.25 bits per heavy atom. The molecule has 1 amide bonds. The second-order valence-corrected chi connectivity index (χ2v) is 6.56. The first-order valence-electron chi connectivity index (χ1n) is 7.93. The number of carbonyl (C=O) groups excluding carboxylic acids is 1. The summed E-state index contributed by atoms with van der Waals surface area (Å²) in [5.74, 6) is 0. The van der Waals surface area contributed by atoms with Crippen molar-refractivity contribution in [2.45, 2.75) is 25.6 Å². The summed E-state index contributed by atoms with van der Waals surface area (Å²) in [7, 11) is 0. The van der Waals surface area contributed by atoms with Crippen LogP contribution in [-0.2, 0) is 16.9 Å². The third-order valence-electron chi connectivity index (χ3n) is 4.48. The number of rotatable bonds is 3. The Hall–Kier alpha value is -2.04. The predicted molar refractivity (Wildman–Crippen MR) is 92.9 cm³/mol. The minimum absolute atomic E-state index is 0.210. The second kappa shape index (κ2) is 6.83. The first-order valence-corrected chi connectivity index (χ1v) is 8.31. The largest absolute Gasteiger partial charge is 0.445 e. The van der Waals surface area contributed by atoms with Gasteiger partial charge < -0.3 is 14.7 Å². The van der Waals surface area contributed by atoms with E-state index in [9.17, 15) is 9.90 Å². The predicted octanol–water partition coefficient (Wildman–Crippen LogP) is 3.88. The molecule has 24 heavy (non-hydrogen) atoms. The first kappa shape index (κ1) is 16.8. The SMILES string of the molecule is Cc1c(Cl)cccc1C1(O)CCN(C(=O)OCc2ccccc2)C1. The summed E-state index contributed by atoms with van der Waals surface area (Å²) in [5, 5.41) is 11.6. The van der Waals surface area contributed by atoms with E-state index in [2.05, 4.69) is 0 Å². The van der Waals surface area contributed by atoms with E-state index in [-0.39, 0.29) is 13.2 Å². The number of carbonyl (C=O) groups is 1. The van der Waals surface area contributed by atoms with Crippen molar-refractivity contribution in [3.8, 4) is 0 Å². The van der Waals surface area contributed by atoms with Crippen molar-refractivity contribution in [1.29, 1.82) is 0 Å². The standard InChI is InChI=1S/C19H20ClNO3/c1-14-16(8-5-9-17(14)20)19(23)10-11-21(13-19)18(22)24-12-15-6-3-2-4-7-15/h2-9,23H,10-13H2,1H3. The highest BCUT2D eigenvalue weighted by Crippen LogP contribution is 2.36. The van der Waals surface area contributed by atoms with Crippen LogP contribution < -0.4 is 0 Å². The highest BCUT2D eigenvalue weighted by Gasteiger charge is 2.41. The van der Waals surface area contributed by atoms with Crippen LogP contribution in [0.1, 0.15) is 23.1 Å². The van der Waals surface area contributed by atoms with Gasteiger partial charge in [-0.05, 0) is 36.1 Å². The molecule has 0 aliphatic carbocycles. The number of β-amino-alcohol motifs (C(OH)–C–C–N with tert-alkyl or cyclic N) is 1. The van der Waals surface area contributed by atoms with Gasteiger partial charge in [0, 0.05) is 11.6 Å². The normalized spacial score (nSPS) is 20.2. The third-order valence-corrected chi connectivity index (χ3v) is 4.89. The summed E-state index contributed by atoms with van der Waals surface area (Å²) in [4.78, 5) is 13.8. The molecule has 0 aromatic heterocycles. The maximum Gasteiger partial charge on any atom is 0.410 e. The molecule has 2 aromatic carbocycles. The Labute approximate surface area is 146 Å². The molecule has 5 heteroatoms. The van der Waals surface area contributed by atoms with Gasteiger partial charge in [0.2, 0.25) is 0 Å². The molecule has 3 rings (SSSR count). The Bertz CT molecular complexity index is 735. The summed E-state index contributed by atoms with van der Waals surface area (Å²) < 4.78 is 5.34. The quantitative estimate of drug-likeness (QED) is 0.918. The van der Waals surface area contributed by atoms with Gasteiger partial charge in [-0.25, -0.2) is 4.79 Å². The van der Waals surface area contributed by atoms with Crippen LogP contribution in [0.25, 0.3) is 0 Å². The van der Waals surface area contributed by atoms with Crippen molar-refractivity contribution in [3.63, 3.8) is 0 Å². The molecule has 1 unspecified atom stereocenters. The molecule has 4 nitrogen and oxygen atoms in total. The molecule has 1 saturated heterocycles. The number of benzene rings is 2. The van der Waals surface area contributed by atoms with Gasteiger partial charge >= 0.3 is 6.09 Å². The lowest BCUT2D eigenvalue weighted by Gasteiger charge is -2.25. The minimum atomic E-state index is -1.08. The van der Waals surface area contributed by atoms with Crippen LogP contribution in [0, 0.1) is 6.92 Å². The molecule has 0 saturated carbocycles. The molecule has 0 bridgehead atoms. The van der Waals surface area contributed by atoms with Crippen molar-refractivity contribution in [1.82, 2.24) is 4.90 Å². The number of ether oxygens (including phenoxy) is 1. The van der Waals surface area contributed by atoms with E-state index >= 15 is 0 Å². The summed E-state index contributed by atoms with van der Waals surface area (Å²) in [6.45, 7) is 2.77. The van der Waals surface area contributed by atoms with Gasteiger partial charge in [0.25, 0.3) is 0 Å². The fourth-order valence-corrected chi connectivity index (χ4v) is 3.27. The molecule has 1 atom stereocenters. The van der Waals surface area contributed by atoms with Crippen molar-refractivity contribution in [3.05, 3.63) is 70.2 Å². The molecular weight excluding hydrogens is 326 g/mol. The number of hydrogen-bond acceptors (Lipinski definition) is 3. The van der Waals surface area contributed by atoms with E-state index in [1.165, 1.54) is 0 Å². The molecular formula is C19H20ClNO3. The average Bonchev–Trinajstić information content (AvgIpc) is 2.99. The first-order chi connectivity index (χ1) is 11.5. The average molecular weight is 346 g/mol. The summed E-state index contributed by atoms with van der Waals surface area (Å²) >= 11 is 6.15. The van der Waals surface area contributed by atoms with Crippen molar-refractivity contribution < 1.29 is 14.6 Å². The van der Waals surface area contributed by atoms with Crippen LogP contribution in [0.15, 0.2) is 48.5 Å². The molecule has 1 aliphatic heterocycles. The van der Waals surface area contributed by atoms with E-state index < -0.39 is 11.7 Å². The zero-order valence-corrected chi connectivity index (χ0v) is 14.3. The lowest BCUT2D eigenvalue weighted by molar-refractivity contribution is 0.0402. The monoisotopic (exact) mass is 345 g/mol. The van der Waals surface area contributed by atoms with Crippen LogP contribution in [0.5, 0.6) is 0 Å². The Morgan fingerprint density at radius 2 is 2.00 bits per heavy atom. The number of nitrogens with zero attached hydrogens (tertiary/aromatic N) is 1. The second-order valence-electron chi connectivity index (χ2n) is 6.16. The zero-order chi connectivity index (χ0) is 17.2. The number of hydrogen-bond donors (Lipinski definition) is 1. The van der Waals surface area contributed by atoms with Gasteiger partial charge in [0.15, 0.2) is 0 Å². The maximum atomic E-state index is 12.3. The van der Waals surface area contributed by atoms with Crippen LogP contribution in [-0.4, -0.2) is 29.2 Å². The number of amides is 1. The Kier molecular flexibility index (Phi) is 4.78. The number of halogens is 1. The number of likely N-dealkylation sites (tertiary alicyclic amines) is 1. The molecule has 126 valence electrons. The van der Waals surface area contributed by atoms with E-state index in [4.69, 9.17) is 16.3 Å².